The summed E-state index contributed by atoms with van der Waals surface area (Å²) < 4.78 is 16.1. The van der Waals surface area contributed by atoms with E-state index in [0.717, 1.165) is 24.5 Å². The van der Waals surface area contributed by atoms with Crippen LogP contribution in [0.3, 0.4) is 0 Å². The third kappa shape index (κ3) is 3.70. The van der Waals surface area contributed by atoms with Crippen LogP contribution in [0.15, 0.2) is 41.0 Å². The zero-order chi connectivity index (χ0) is 15.2. The topological polar surface area (TPSA) is 43.6 Å². The minimum Gasteiger partial charge on any atom is -0.491 e. The van der Waals surface area contributed by atoms with Gasteiger partial charge in [0.15, 0.2) is 0 Å². The largest absolute Gasteiger partial charge is 0.491 e. The van der Waals surface area contributed by atoms with Crippen molar-refractivity contribution in [2.75, 3.05) is 20.3 Å². The van der Waals surface area contributed by atoms with E-state index in [4.69, 9.17) is 13.9 Å². The molecule has 3 rings (SSSR count). The average Bonchev–Trinajstić information content (AvgIpc) is 3.03. The number of rotatable bonds is 7. The molecular formula is C18H23NO3. The van der Waals surface area contributed by atoms with Gasteiger partial charge in [0.25, 0.3) is 0 Å². The summed E-state index contributed by atoms with van der Waals surface area (Å²) in [6.45, 7) is 2.05. The summed E-state index contributed by atoms with van der Waals surface area (Å²) in [6, 6.07) is 10.7. The van der Waals surface area contributed by atoms with Crippen LogP contribution in [0.4, 0.5) is 0 Å². The van der Waals surface area contributed by atoms with E-state index in [2.05, 4.69) is 23.5 Å². The van der Waals surface area contributed by atoms with E-state index in [1.54, 1.807) is 13.4 Å². The molecule has 0 fully saturated rings. The molecule has 1 atom stereocenters. The van der Waals surface area contributed by atoms with Crippen LogP contribution >= 0.6 is 0 Å². The van der Waals surface area contributed by atoms with E-state index in [9.17, 15) is 0 Å². The van der Waals surface area contributed by atoms with Crippen LogP contribution < -0.4 is 10.1 Å². The smallest absolute Gasteiger partial charge is 0.119 e. The minimum atomic E-state index is 0.403. The predicted octanol–water partition coefficient (Wildman–Crippen LogP) is 3.47. The molecule has 1 aromatic heterocycles. The Hall–Kier alpha value is -1.78. The fourth-order valence-electron chi connectivity index (χ4n) is 2.89. The van der Waals surface area contributed by atoms with E-state index in [1.807, 2.05) is 12.1 Å². The second-order valence-electron chi connectivity index (χ2n) is 5.61. The highest BCUT2D eigenvalue weighted by atomic mass is 16.5. The fourth-order valence-corrected chi connectivity index (χ4v) is 2.89. The highest BCUT2D eigenvalue weighted by Gasteiger charge is 2.21. The quantitative estimate of drug-likeness (QED) is 0.795. The van der Waals surface area contributed by atoms with Crippen molar-refractivity contribution in [3.8, 4) is 5.75 Å². The summed E-state index contributed by atoms with van der Waals surface area (Å²) >= 11 is 0. The Kier molecular flexibility index (Phi) is 5.14. The van der Waals surface area contributed by atoms with E-state index in [0.29, 0.717) is 19.3 Å². The average molecular weight is 301 g/mol. The summed E-state index contributed by atoms with van der Waals surface area (Å²) in [5, 5.41) is 3.63. The fraction of sp³-hybridized carbons (Fsp3) is 0.444. The van der Waals surface area contributed by atoms with Gasteiger partial charge in [0.2, 0.25) is 0 Å². The molecule has 1 unspecified atom stereocenters. The minimum absolute atomic E-state index is 0.403. The molecule has 0 saturated heterocycles. The number of methoxy groups -OCH3 is 1. The van der Waals surface area contributed by atoms with Crippen molar-refractivity contribution in [2.24, 2.45) is 0 Å². The van der Waals surface area contributed by atoms with E-state index in [-0.39, 0.29) is 0 Å². The third-order valence-electron chi connectivity index (χ3n) is 4.08. The van der Waals surface area contributed by atoms with Gasteiger partial charge in [0.05, 0.1) is 12.9 Å². The van der Waals surface area contributed by atoms with Crippen molar-refractivity contribution < 1.29 is 13.9 Å². The van der Waals surface area contributed by atoms with Gasteiger partial charge < -0.3 is 19.2 Å². The molecule has 1 heterocycles. The van der Waals surface area contributed by atoms with Gasteiger partial charge in [0, 0.05) is 31.7 Å². The molecule has 0 radical (unpaired) electrons. The van der Waals surface area contributed by atoms with Crippen LogP contribution in [-0.2, 0) is 17.7 Å². The van der Waals surface area contributed by atoms with Crippen LogP contribution in [0.1, 0.15) is 35.8 Å². The van der Waals surface area contributed by atoms with E-state index >= 15 is 0 Å². The molecular weight excluding hydrogens is 278 g/mol. The standard InChI is InChI=1S/C18H23NO3/c1-20-11-12-21-15-7-5-14(6-8-15)13-19-17-3-2-4-18-16(17)9-10-22-18/h5-10,17,19H,2-4,11-13H2,1H3. The Balaban J connectivity index is 1.52. The first-order valence-electron chi connectivity index (χ1n) is 7.87. The number of nitrogens with one attached hydrogen (secondary N) is 1. The van der Waals surface area contributed by atoms with Gasteiger partial charge >= 0.3 is 0 Å². The van der Waals surface area contributed by atoms with Crippen LogP contribution in [0.25, 0.3) is 0 Å². The Morgan fingerprint density at radius 3 is 2.86 bits per heavy atom. The lowest BCUT2D eigenvalue weighted by Crippen LogP contribution is -2.23. The van der Waals surface area contributed by atoms with Gasteiger partial charge in [-0.25, -0.2) is 0 Å². The zero-order valence-electron chi connectivity index (χ0n) is 13.0. The van der Waals surface area contributed by atoms with Crippen molar-refractivity contribution in [2.45, 2.75) is 31.8 Å². The summed E-state index contributed by atoms with van der Waals surface area (Å²) in [5.74, 6) is 2.03. The SMILES string of the molecule is COCCOc1ccc(CNC2CCCc3occc32)cc1. The van der Waals surface area contributed by atoms with Crippen molar-refractivity contribution in [3.63, 3.8) is 0 Å². The van der Waals surface area contributed by atoms with Crippen molar-refractivity contribution in [1.82, 2.24) is 5.32 Å². The molecule has 0 bridgehead atoms. The van der Waals surface area contributed by atoms with Gasteiger partial charge in [-0.3, -0.25) is 0 Å². The number of furan rings is 1. The number of hydrogen-bond acceptors (Lipinski definition) is 4. The second-order valence-corrected chi connectivity index (χ2v) is 5.61. The molecule has 1 aromatic carbocycles. The van der Waals surface area contributed by atoms with Gasteiger partial charge in [-0.1, -0.05) is 12.1 Å². The van der Waals surface area contributed by atoms with E-state index in [1.165, 1.54) is 24.0 Å². The van der Waals surface area contributed by atoms with Gasteiger partial charge in [0.1, 0.15) is 18.1 Å². The number of aryl methyl sites for hydroxylation is 1. The maximum absolute atomic E-state index is 5.57. The molecule has 4 heteroatoms. The molecule has 22 heavy (non-hydrogen) atoms. The van der Waals surface area contributed by atoms with Gasteiger partial charge in [-0.2, -0.15) is 0 Å². The first-order valence-corrected chi connectivity index (χ1v) is 7.87. The van der Waals surface area contributed by atoms with Crippen molar-refractivity contribution >= 4 is 0 Å². The summed E-state index contributed by atoms with van der Waals surface area (Å²) in [6.07, 6.45) is 5.22. The lowest BCUT2D eigenvalue weighted by molar-refractivity contribution is 0.146. The molecule has 0 aliphatic heterocycles. The number of fused-ring (bicyclic) bond motifs is 1. The molecule has 118 valence electrons. The molecule has 1 aliphatic carbocycles. The maximum Gasteiger partial charge on any atom is 0.119 e. The Morgan fingerprint density at radius 2 is 2.05 bits per heavy atom. The molecule has 1 N–H and O–H groups in total. The predicted molar refractivity (Wildman–Crippen MR) is 85.0 cm³/mol. The molecule has 2 aromatic rings. The van der Waals surface area contributed by atoms with Crippen LogP contribution in [0, 0.1) is 0 Å². The maximum atomic E-state index is 5.57. The second kappa shape index (κ2) is 7.47. The first kappa shape index (κ1) is 15.1. The zero-order valence-corrected chi connectivity index (χ0v) is 13.0. The number of ether oxygens (including phenoxy) is 2. The van der Waals surface area contributed by atoms with Gasteiger partial charge in [-0.15, -0.1) is 0 Å². The Morgan fingerprint density at radius 1 is 1.18 bits per heavy atom. The summed E-state index contributed by atoms with van der Waals surface area (Å²) in [4.78, 5) is 0. The third-order valence-corrected chi connectivity index (χ3v) is 4.08. The van der Waals surface area contributed by atoms with Gasteiger partial charge in [-0.05, 0) is 36.6 Å². The molecule has 1 aliphatic rings. The summed E-state index contributed by atoms with van der Waals surface area (Å²) in [5.41, 5.74) is 2.58. The Labute approximate surface area is 131 Å². The molecule has 4 nitrogen and oxygen atoms in total. The van der Waals surface area contributed by atoms with Crippen molar-refractivity contribution in [3.05, 3.63) is 53.5 Å². The van der Waals surface area contributed by atoms with Crippen LogP contribution in [0.2, 0.25) is 0 Å². The summed E-state index contributed by atoms with van der Waals surface area (Å²) in [7, 11) is 1.68. The highest BCUT2D eigenvalue weighted by molar-refractivity contribution is 5.28. The first-order chi connectivity index (χ1) is 10.9. The monoisotopic (exact) mass is 301 g/mol. The number of benzene rings is 1. The number of hydrogen-bond donors (Lipinski definition) is 1. The van der Waals surface area contributed by atoms with Crippen molar-refractivity contribution in [1.29, 1.82) is 0 Å². The Bertz CT molecular complexity index is 576. The van der Waals surface area contributed by atoms with Crippen LogP contribution in [-0.4, -0.2) is 20.3 Å². The lowest BCUT2D eigenvalue weighted by atomic mass is 9.93. The molecule has 0 amide bonds. The lowest BCUT2D eigenvalue weighted by Gasteiger charge is -2.23. The normalized spacial score (nSPS) is 17.2. The highest BCUT2D eigenvalue weighted by Crippen LogP contribution is 2.30. The van der Waals surface area contributed by atoms with Crippen LogP contribution in [0.5, 0.6) is 5.75 Å². The van der Waals surface area contributed by atoms with E-state index < -0.39 is 0 Å². The molecule has 0 spiro atoms. The molecule has 0 saturated carbocycles.